The number of hydrogen-bond donors (Lipinski definition) is 1. The van der Waals surface area contributed by atoms with Crippen LogP contribution >= 0.6 is 0 Å². The van der Waals surface area contributed by atoms with Gasteiger partial charge in [-0.15, -0.1) is 0 Å². The van der Waals surface area contributed by atoms with Crippen molar-refractivity contribution < 1.29 is 8.42 Å². The predicted octanol–water partition coefficient (Wildman–Crippen LogP) is 2.20. The van der Waals surface area contributed by atoms with Gasteiger partial charge in [-0.3, -0.25) is 0 Å². The van der Waals surface area contributed by atoms with Crippen molar-refractivity contribution >= 4 is 9.84 Å². The zero-order valence-corrected chi connectivity index (χ0v) is 13.2. The summed E-state index contributed by atoms with van der Waals surface area (Å²) in [5.74, 6) is 1.45. The molecule has 1 aromatic rings. The molecule has 2 atom stereocenters. The van der Waals surface area contributed by atoms with E-state index in [1.807, 2.05) is 0 Å². The molecule has 0 aromatic heterocycles. The van der Waals surface area contributed by atoms with Gasteiger partial charge in [0.1, 0.15) is 0 Å². The summed E-state index contributed by atoms with van der Waals surface area (Å²) in [6, 6.07) is 8.42. The Hall–Kier alpha value is -0.870. The smallest absolute Gasteiger partial charge is 0.150 e. The lowest BCUT2D eigenvalue weighted by molar-refractivity contribution is 0.345. The molecule has 1 fully saturated rings. The fourth-order valence-electron chi connectivity index (χ4n) is 3.05. The molecule has 1 heterocycles. The lowest BCUT2D eigenvalue weighted by Crippen LogP contribution is -2.30. The molecule has 2 rings (SSSR count). The molecular formula is C16H25NO2S. The molecule has 1 N–H and O–H groups in total. The van der Waals surface area contributed by atoms with Crippen molar-refractivity contribution in [3.05, 3.63) is 35.4 Å². The second kappa shape index (κ2) is 6.72. The first-order chi connectivity index (χ1) is 9.52. The first kappa shape index (κ1) is 15.5. The quantitative estimate of drug-likeness (QED) is 0.875. The fraction of sp³-hybridized carbons (Fsp3) is 0.625. The molecule has 3 nitrogen and oxygen atoms in total. The molecule has 0 bridgehead atoms. The van der Waals surface area contributed by atoms with Gasteiger partial charge in [0, 0.05) is 0 Å². The van der Waals surface area contributed by atoms with Crippen molar-refractivity contribution in [1.29, 1.82) is 0 Å². The van der Waals surface area contributed by atoms with E-state index in [0.717, 1.165) is 25.9 Å². The largest absolute Gasteiger partial charge is 0.317 e. The highest BCUT2D eigenvalue weighted by atomic mass is 32.2. The molecule has 20 heavy (non-hydrogen) atoms. The lowest BCUT2D eigenvalue weighted by Gasteiger charge is -2.23. The maximum absolute atomic E-state index is 11.7. The normalized spacial score (nSPS) is 22.8. The third-order valence-corrected chi connectivity index (χ3v) is 6.13. The van der Waals surface area contributed by atoms with Gasteiger partial charge in [0.05, 0.1) is 11.5 Å². The van der Waals surface area contributed by atoms with Crippen molar-refractivity contribution in [2.75, 3.05) is 24.6 Å². The van der Waals surface area contributed by atoms with Gasteiger partial charge in [-0.05, 0) is 55.8 Å². The molecule has 1 aliphatic heterocycles. The molecule has 0 radical (unpaired) electrons. The summed E-state index contributed by atoms with van der Waals surface area (Å²) < 4.78 is 23.4. The van der Waals surface area contributed by atoms with E-state index in [9.17, 15) is 8.42 Å². The number of sulfone groups is 1. The Balaban J connectivity index is 2.10. The van der Waals surface area contributed by atoms with E-state index < -0.39 is 9.84 Å². The Bertz CT molecular complexity index is 539. The van der Waals surface area contributed by atoms with Crippen LogP contribution in [0.25, 0.3) is 0 Å². The first-order valence-electron chi connectivity index (χ1n) is 7.47. The number of nitrogens with one attached hydrogen (secondary N) is 1. The molecule has 0 aliphatic carbocycles. The minimum Gasteiger partial charge on any atom is -0.317 e. The van der Waals surface area contributed by atoms with Crippen molar-refractivity contribution in [2.45, 2.75) is 26.7 Å². The third-order valence-electron chi connectivity index (χ3n) is 4.33. The van der Waals surface area contributed by atoms with E-state index in [1.54, 1.807) is 0 Å². The first-order valence-corrected chi connectivity index (χ1v) is 9.29. The number of aryl methyl sites for hydroxylation is 1. The van der Waals surface area contributed by atoms with Crippen LogP contribution in [0.2, 0.25) is 0 Å². The van der Waals surface area contributed by atoms with Crippen LogP contribution in [0.1, 0.15) is 24.5 Å². The Labute approximate surface area is 122 Å². The van der Waals surface area contributed by atoms with Crippen LogP contribution in [0.5, 0.6) is 0 Å². The molecule has 0 saturated carbocycles. The summed E-state index contributed by atoms with van der Waals surface area (Å²) in [5.41, 5.74) is 2.65. The Morgan fingerprint density at radius 1 is 1.35 bits per heavy atom. The summed E-state index contributed by atoms with van der Waals surface area (Å²) >= 11 is 0. The van der Waals surface area contributed by atoms with E-state index in [2.05, 4.69) is 43.4 Å². The average Bonchev–Trinajstić information content (AvgIpc) is 2.77. The Morgan fingerprint density at radius 2 is 2.10 bits per heavy atom. The maximum Gasteiger partial charge on any atom is 0.150 e. The summed E-state index contributed by atoms with van der Waals surface area (Å²) in [7, 11) is -2.80. The van der Waals surface area contributed by atoms with Crippen molar-refractivity contribution in [1.82, 2.24) is 5.32 Å². The predicted molar refractivity (Wildman–Crippen MR) is 83.7 cm³/mol. The van der Waals surface area contributed by atoms with Crippen molar-refractivity contribution in [2.24, 2.45) is 11.8 Å². The fourth-order valence-corrected chi connectivity index (χ4v) is 4.97. The minimum atomic E-state index is -2.80. The molecule has 0 amide bonds. The Kier molecular flexibility index (Phi) is 5.22. The van der Waals surface area contributed by atoms with Crippen LogP contribution in [0, 0.1) is 18.8 Å². The second-order valence-corrected chi connectivity index (χ2v) is 8.09. The number of hydrogen-bond acceptors (Lipinski definition) is 3. The molecule has 1 aromatic carbocycles. The van der Waals surface area contributed by atoms with E-state index in [0.29, 0.717) is 23.3 Å². The topological polar surface area (TPSA) is 46.2 Å². The van der Waals surface area contributed by atoms with E-state index in [4.69, 9.17) is 0 Å². The molecule has 1 saturated heterocycles. The highest BCUT2D eigenvalue weighted by molar-refractivity contribution is 7.91. The maximum atomic E-state index is 11.7. The average molecular weight is 295 g/mol. The lowest BCUT2D eigenvalue weighted by atomic mass is 9.85. The molecular weight excluding hydrogens is 270 g/mol. The summed E-state index contributed by atoms with van der Waals surface area (Å²) in [5, 5.41) is 3.40. The van der Waals surface area contributed by atoms with E-state index >= 15 is 0 Å². The highest BCUT2D eigenvalue weighted by Crippen LogP contribution is 2.29. The van der Waals surface area contributed by atoms with Gasteiger partial charge >= 0.3 is 0 Å². The minimum absolute atomic E-state index is 0.304. The number of rotatable bonds is 6. The monoisotopic (exact) mass is 295 g/mol. The van der Waals surface area contributed by atoms with Crippen LogP contribution in [-0.2, 0) is 16.3 Å². The summed E-state index contributed by atoms with van der Waals surface area (Å²) in [6.45, 7) is 6.07. The van der Waals surface area contributed by atoms with Crippen molar-refractivity contribution in [3.8, 4) is 0 Å². The van der Waals surface area contributed by atoms with E-state index in [-0.39, 0.29) is 0 Å². The van der Waals surface area contributed by atoms with Crippen LogP contribution in [0.15, 0.2) is 24.3 Å². The summed E-state index contributed by atoms with van der Waals surface area (Å²) in [4.78, 5) is 0. The zero-order valence-electron chi connectivity index (χ0n) is 12.4. The van der Waals surface area contributed by atoms with Crippen LogP contribution in [0.3, 0.4) is 0 Å². The third kappa shape index (κ3) is 4.06. The Morgan fingerprint density at radius 3 is 2.70 bits per heavy atom. The van der Waals surface area contributed by atoms with Gasteiger partial charge in [-0.25, -0.2) is 8.42 Å². The molecule has 0 spiro atoms. The molecule has 4 heteroatoms. The van der Waals surface area contributed by atoms with Gasteiger partial charge in [-0.1, -0.05) is 31.2 Å². The molecule has 2 unspecified atom stereocenters. The number of benzene rings is 1. The van der Waals surface area contributed by atoms with Crippen LogP contribution in [0.4, 0.5) is 0 Å². The van der Waals surface area contributed by atoms with Gasteiger partial charge in [0.15, 0.2) is 9.84 Å². The zero-order chi connectivity index (χ0) is 14.6. The van der Waals surface area contributed by atoms with Crippen molar-refractivity contribution in [3.63, 3.8) is 0 Å². The van der Waals surface area contributed by atoms with E-state index in [1.165, 1.54) is 11.1 Å². The molecule has 112 valence electrons. The highest BCUT2D eigenvalue weighted by Gasteiger charge is 2.33. The van der Waals surface area contributed by atoms with Crippen LogP contribution in [-0.4, -0.2) is 33.0 Å². The van der Waals surface area contributed by atoms with Crippen LogP contribution < -0.4 is 5.32 Å². The van der Waals surface area contributed by atoms with Gasteiger partial charge in [-0.2, -0.15) is 0 Å². The SMILES string of the molecule is CCNCC(Cc1ccccc1C)C1CCS(=O)(=O)C1. The second-order valence-electron chi connectivity index (χ2n) is 5.86. The molecule has 1 aliphatic rings. The van der Waals surface area contributed by atoms with Gasteiger partial charge in [0.25, 0.3) is 0 Å². The van der Waals surface area contributed by atoms with Gasteiger partial charge < -0.3 is 5.32 Å². The standard InChI is InChI=1S/C16H25NO2S/c1-3-17-11-16(15-8-9-20(18,19)12-15)10-14-7-5-4-6-13(14)2/h4-7,15-17H,3,8-12H2,1-2H3. The summed E-state index contributed by atoms with van der Waals surface area (Å²) in [6.07, 6.45) is 1.80. The van der Waals surface area contributed by atoms with Gasteiger partial charge in [0.2, 0.25) is 0 Å².